The van der Waals surface area contributed by atoms with Crippen LogP contribution in [0, 0.1) is 18.8 Å². The monoisotopic (exact) mass is 322 g/mol. The predicted molar refractivity (Wildman–Crippen MR) is 88.9 cm³/mol. The second-order valence-corrected chi connectivity index (χ2v) is 8.15. The fraction of sp³-hybridized carbons (Fsp3) is 0.706. The van der Waals surface area contributed by atoms with Crippen LogP contribution in [-0.4, -0.2) is 43.2 Å². The van der Waals surface area contributed by atoms with E-state index < -0.39 is 0 Å². The summed E-state index contributed by atoms with van der Waals surface area (Å²) in [6.07, 6.45) is 2.27. The molecule has 1 aliphatic carbocycles. The first-order valence-corrected chi connectivity index (χ1v) is 8.94. The second-order valence-electron chi connectivity index (χ2n) is 6.78. The Balaban J connectivity index is 1.61. The molecular weight excluding hydrogens is 296 g/mol. The van der Waals surface area contributed by atoms with Crippen molar-refractivity contribution in [3.63, 3.8) is 0 Å². The zero-order valence-electron chi connectivity index (χ0n) is 13.7. The van der Waals surface area contributed by atoms with E-state index in [9.17, 15) is 4.79 Å². The molecule has 4 nitrogen and oxygen atoms in total. The van der Waals surface area contributed by atoms with Gasteiger partial charge in [0.1, 0.15) is 0 Å². The number of ether oxygens (including phenoxy) is 1. The third-order valence-corrected chi connectivity index (χ3v) is 6.04. The minimum atomic E-state index is 0.0504. The van der Waals surface area contributed by atoms with Crippen LogP contribution in [-0.2, 0) is 16.1 Å². The van der Waals surface area contributed by atoms with Gasteiger partial charge in [-0.15, -0.1) is 11.3 Å². The molecule has 0 radical (unpaired) electrons. The summed E-state index contributed by atoms with van der Waals surface area (Å²) >= 11 is 1.90. The largest absolute Gasteiger partial charge is 0.379 e. The Morgan fingerprint density at radius 3 is 2.68 bits per heavy atom. The molecule has 2 heterocycles. The minimum Gasteiger partial charge on any atom is -0.379 e. The van der Waals surface area contributed by atoms with Gasteiger partial charge in [-0.25, -0.2) is 0 Å². The molecule has 3 rings (SSSR count). The van der Waals surface area contributed by atoms with Crippen LogP contribution in [0.1, 0.15) is 29.5 Å². The standard InChI is InChI=1S/C17H26N2O2S/c1-11-4-5-15(22-11)10-19-8-13-6-16(18-12(2)20)17(21-3)7-14(13)9-19/h4-5,13-14,16-17H,6-10H2,1-3H3,(H,18,20)/t13-,14+,16-,17-/m1/s1. The zero-order valence-corrected chi connectivity index (χ0v) is 14.5. The van der Waals surface area contributed by atoms with Crippen LogP contribution in [0.4, 0.5) is 0 Å². The van der Waals surface area contributed by atoms with Gasteiger partial charge in [0.15, 0.2) is 0 Å². The fourth-order valence-electron chi connectivity index (χ4n) is 4.10. The van der Waals surface area contributed by atoms with E-state index in [0.717, 1.165) is 32.5 Å². The van der Waals surface area contributed by atoms with Crippen LogP contribution in [0.5, 0.6) is 0 Å². The van der Waals surface area contributed by atoms with E-state index in [4.69, 9.17) is 4.74 Å². The topological polar surface area (TPSA) is 41.6 Å². The lowest BCUT2D eigenvalue weighted by molar-refractivity contribution is -0.121. The van der Waals surface area contributed by atoms with E-state index >= 15 is 0 Å². The number of carbonyl (C=O) groups excluding carboxylic acids is 1. The van der Waals surface area contributed by atoms with Crippen LogP contribution >= 0.6 is 11.3 Å². The van der Waals surface area contributed by atoms with E-state index in [1.165, 1.54) is 9.75 Å². The van der Waals surface area contributed by atoms with Gasteiger partial charge in [-0.1, -0.05) is 0 Å². The molecule has 1 saturated heterocycles. The molecule has 4 atom stereocenters. The average Bonchev–Trinajstić information content (AvgIpc) is 3.03. The van der Waals surface area contributed by atoms with Gasteiger partial charge in [-0.3, -0.25) is 9.69 Å². The van der Waals surface area contributed by atoms with Gasteiger partial charge >= 0.3 is 0 Å². The van der Waals surface area contributed by atoms with E-state index in [1.54, 1.807) is 14.0 Å². The van der Waals surface area contributed by atoms with E-state index in [2.05, 4.69) is 29.3 Å². The zero-order chi connectivity index (χ0) is 15.7. The molecule has 2 aliphatic rings. The molecule has 1 aromatic heterocycles. The number of aryl methyl sites for hydroxylation is 1. The summed E-state index contributed by atoms with van der Waals surface area (Å²) in [6.45, 7) is 7.13. The first kappa shape index (κ1) is 16.0. The number of methoxy groups -OCH3 is 1. The average molecular weight is 322 g/mol. The fourth-order valence-corrected chi connectivity index (χ4v) is 5.04. The lowest BCUT2D eigenvalue weighted by atomic mass is 9.77. The first-order chi connectivity index (χ1) is 10.5. The summed E-state index contributed by atoms with van der Waals surface area (Å²) in [5.41, 5.74) is 0. The van der Waals surface area contributed by atoms with Gasteiger partial charge in [-0.05, 0) is 43.7 Å². The van der Waals surface area contributed by atoms with Crippen LogP contribution < -0.4 is 5.32 Å². The van der Waals surface area contributed by atoms with Crippen molar-refractivity contribution in [2.45, 2.75) is 45.4 Å². The van der Waals surface area contributed by atoms with Crippen LogP contribution in [0.15, 0.2) is 12.1 Å². The molecular formula is C17H26N2O2S. The number of carbonyl (C=O) groups is 1. The van der Waals surface area contributed by atoms with Crippen molar-refractivity contribution in [2.24, 2.45) is 11.8 Å². The normalized spacial score (nSPS) is 32.0. The molecule has 1 aliphatic heterocycles. The highest BCUT2D eigenvalue weighted by Crippen LogP contribution is 2.38. The van der Waals surface area contributed by atoms with E-state index in [-0.39, 0.29) is 18.1 Å². The number of nitrogens with zero attached hydrogens (tertiary/aromatic N) is 1. The summed E-state index contributed by atoms with van der Waals surface area (Å²) in [4.78, 5) is 16.8. The Labute approximate surface area is 136 Å². The van der Waals surface area contributed by atoms with Crippen molar-refractivity contribution in [3.05, 3.63) is 21.9 Å². The summed E-state index contributed by atoms with van der Waals surface area (Å²) in [5.74, 6) is 1.44. The lowest BCUT2D eigenvalue weighted by Gasteiger charge is -2.37. The van der Waals surface area contributed by atoms with Crippen molar-refractivity contribution >= 4 is 17.2 Å². The summed E-state index contributed by atoms with van der Waals surface area (Å²) in [5, 5.41) is 3.08. The Hall–Kier alpha value is -0.910. The summed E-state index contributed by atoms with van der Waals surface area (Å²) in [7, 11) is 1.76. The van der Waals surface area contributed by atoms with Gasteiger partial charge in [0.25, 0.3) is 0 Å². The van der Waals surface area contributed by atoms with Crippen LogP contribution in [0.25, 0.3) is 0 Å². The molecule has 1 N–H and O–H groups in total. The highest BCUT2D eigenvalue weighted by atomic mass is 32.1. The predicted octanol–water partition coefficient (Wildman–Crippen LogP) is 2.42. The van der Waals surface area contributed by atoms with Crippen molar-refractivity contribution in [2.75, 3.05) is 20.2 Å². The molecule has 2 fully saturated rings. The maximum absolute atomic E-state index is 11.4. The molecule has 1 aromatic rings. The summed E-state index contributed by atoms with van der Waals surface area (Å²) in [6, 6.07) is 4.63. The van der Waals surface area contributed by atoms with Gasteiger partial charge in [-0.2, -0.15) is 0 Å². The van der Waals surface area contributed by atoms with Gasteiger partial charge in [0.05, 0.1) is 12.1 Å². The molecule has 122 valence electrons. The SMILES string of the molecule is CO[C@@H]1C[C@H]2CN(Cc3ccc(C)s3)C[C@H]2C[C@H]1NC(C)=O. The quantitative estimate of drug-likeness (QED) is 0.925. The van der Waals surface area contributed by atoms with Gasteiger partial charge in [0, 0.05) is 43.4 Å². The maximum atomic E-state index is 11.4. The second kappa shape index (κ2) is 6.69. The number of likely N-dealkylation sites (tertiary alicyclic amines) is 1. The first-order valence-electron chi connectivity index (χ1n) is 8.12. The number of rotatable bonds is 4. The number of amides is 1. The van der Waals surface area contributed by atoms with Crippen LogP contribution in [0.3, 0.4) is 0 Å². The maximum Gasteiger partial charge on any atom is 0.217 e. The van der Waals surface area contributed by atoms with Gasteiger partial charge < -0.3 is 10.1 Å². The molecule has 22 heavy (non-hydrogen) atoms. The molecule has 1 amide bonds. The molecule has 1 saturated carbocycles. The highest BCUT2D eigenvalue weighted by molar-refractivity contribution is 7.11. The molecule has 0 aromatic carbocycles. The van der Waals surface area contributed by atoms with Gasteiger partial charge in [0.2, 0.25) is 5.91 Å². The molecule has 5 heteroatoms. The van der Waals surface area contributed by atoms with Crippen molar-refractivity contribution in [1.29, 1.82) is 0 Å². The van der Waals surface area contributed by atoms with E-state index in [1.807, 2.05) is 11.3 Å². The molecule has 0 bridgehead atoms. The number of hydrogen-bond acceptors (Lipinski definition) is 4. The number of nitrogens with one attached hydrogen (secondary N) is 1. The Kier molecular flexibility index (Phi) is 4.85. The van der Waals surface area contributed by atoms with E-state index in [0.29, 0.717) is 11.8 Å². The van der Waals surface area contributed by atoms with Crippen molar-refractivity contribution in [1.82, 2.24) is 10.2 Å². The number of fused-ring (bicyclic) bond motifs is 1. The summed E-state index contributed by atoms with van der Waals surface area (Å²) < 4.78 is 5.64. The van der Waals surface area contributed by atoms with Crippen molar-refractivity contribution < 1.29 is 9.53 Å². The number of thiophene rings is 1. The Bertz CT molecular complexity index is 530. The third kappa shape index (κ3) is 3.53. The Morgan fingerprint density at radius 2 is 2.09 bits per heavy atom. The molecule has 0 spiro atoms. The molecule has 0 unspecified atom stereocenters. The highest BCUT2D eigenvalue weighted by Gasteiger charge is 2.42. The lowest BCUT2D eigenvalue weighted by Crippen LogP contribution is -2.49. The van der Waals surface area contributed by atoms with Crippen molar-refractivity contribution in [3.8, 4) is 0 Å². The minimum absolute atomic E-state index is 0.0504. The third-order valence-electron chi connectivity index (χ3n) is 5.06. The van der Waals surface area contributed by atoms with Crippen LogP contribution in [0.2, 0.25) is 0 Å². The smallest absolute Gasteiger partial charge is 0.217 e. The number of hydrogen-bond donors (Lipinski definition) is 1. The Morgan fingerprint density at radius 1 is 1.36 bits per heavy atom.